The normalized spacial score (nSPS) is 16.9. The Morgan fingerprint density at radius 1 is 0.735 bits per heavy atom. The summed E-state index contributed by atoms with van der Waals surface area (Å²) in [6.45, 7) is 13.4. The molecule has 0 radical (unpaired) electrons. The quantitative estimate of drug-likeness (QED) is 0.156. The molecule has 1 atom stereocenters. The summed E-state index contributed by atoms with van der Waals surface area (Å²) in [5.41, 5.74) is 15.5. The van der Waals surface area contributed by atoms with Crippen LogP contribution in [-0.2, 0) is 39.5 Å². The van der Waals surface area contributed by atoms with Gasteiger partial charge in [-0.1, -0.05) is 70.2 Å². The topological polar surface area (TPSA) is 0 Å². The summed E-state index contributed by atoms with van der Waals surface area (Å²) in [5, 5.41) is 1.57. The number of fused-ring (bicyclic) bond motifs is 5. The number of halogens is 4. The predicted molar refractivity (Wildman–Crippen MR) is 216 cm³/mol. The van der Waals surface area contributed by atoms with Crippen molar-refractivity contribution in [2.75, 3.05) is 0 Å². The molecule has 0 saturated heterocycles. The zero-order valence-corrected chi connectivity index (χ0v) is 34.4. The van der Waals surface area contributed by atoms with Crippen LogP contribution in [0.3, 0.4) is 0 Å². The third-order valence-corrected chi connectivity index (χ3v) is 12.1. The van der Waals surface area contributed by atoms with E-state index in [2.05, 4.69) is 134 Å². The fourth-order valence-electron chi connectivity index (χ4n) is 6.51. The molecule has 8 rings (SSSR count). The van der Waals surface area contributed by atoms with Crippen LogP contribution in [0.4, 0.5) is 0 Å². The first kappa shape index (κ1) is 39.4. The average molecular weight is 804 g/mol. The Labute approximate surface area is 326 Å². The van der Waals surface area contributed by atoms with Crippen LogP contribution >= 0.6 is 48.0 Å². The van der Waals surface area contributed by atoms with Gasteiger partial charge in [0, 0.05) is 5.41 Å². The minimum atomic E-state index is -0.623. The molecule has 0 amide bonds. The summed E-state index contributed by atoms with van der Waals surface area (Å²) in [6, 6.07) is 25.6. The molecule has 4 aliphatic carbocycles. The van der Waals surface area contributed by atoms with E-state index in [4.69, 9.17) is 23.2 Å². The molecule has 0 aliphatic heterocycles. The SMILES string of the molecule is CC1(C)[C-]=Cc2cc3c(cc21)Cc1cc2c(cc1-3)C=CC2(C)C.CC1=CC(C)[C-]=C1.Cl.Cl.Clc1ccc([CH]=[Zr]=[CH]c2ccc(Cl)cc2)cc1. The summed E-state index contributed by atoms with van der Waals surface area (Å²) in [5.74, 6) is 0.556. The summed E-state index contributed by atoms with van der Waals surface area (Å²) in [4.78, 5) is 0. The van der Waals surface area contributed by atoms with Gasteiger partial charge in [0.05, 0.1) is 0 Å². The molecule has 0 spiro atoms. The van der Waals surface area contributed by atoms with Crippen molar-refractivity contribution in [1.82, 2.24) is 0 Å². The van der Waals surface area contributed by atoms with Crippen molar-refractivity contribution in [3.63, 3.8) is 0 Å². The Hall–Kier alpha value is -2.38. The van der Waals surface area contributed by atoms with Crippen molar-refractivity contribution in [3.05, 3.63) is 163 Å². The van der Waals surface area contributed by atoms with Gasteiger partial charge in [0.1, 0.15) is 0 Å². The molecule has 1 unspecified atom stereocenters. The van der Waals surface area contributed by atoms with Crippen LogP contribution in [0.25, 0.3) is 23.3 Å². The van der Waals surface area contributed by atoms with Gasteiger partial charge in [-0.3, -0.25) is 12.2 Å². The molecule has 4 aromatic rings. The van der Waals surface area contributed by atoms with E-state index in [0.29, 0.717) is 5.92 Å². The van der Waals surface area contributed by atoms with Crippen molar-refractivity contribution in [3.8, 4) is 11.1 Å². The molecule has 0 N–H and O–H groups in total. The van der Waals surface area contributed by atoms with E-state index in [9.17, 15) is 0 Å². The third-order valence-electron chi connectivity index (χ3n) is 9.18. The monoisotopic (exact) mass is 800 g/mol. The molecule has 0 heterocycles. The Morgan fingerprint density at radius 3 is 1.76 bits per heavy atom. The molecule has 4 aliphatic rings. The summed E-state index contributed by atoms with van der Waals surface area (Å²) >= 11 is 11.0. The molecule has 49 heavy (non-hydrogen) atoms. The van der Waals surface area contributed by atoms with Gasteiger partial charge < -0.3 is 0 Å². The van der Waals surface area contributed by atoms with Gasteiger partial charge in [0.2, 0.25) is 0 Å². The fourth-order valence-corrected chi connectivity index (χ4v) is 8.86. The van der Waals surface area contributed by atoms with E-state index in [-0.39, 0.29) is 35.6 Å². The van der Waals surface area contributed by atoms with Gasteiger partial charge in [0.15, 0.2) is 0 Å². The van der Waals surface area contributed by atoms with E-state index in [0.717, 1.165) is 16.5 Å². The molecule has 4 aromatic carbocycles. The first-order chi connectivity index (χ1) is 22.4. The van der Waals surface area contributed by atoms with Crippen LogP contribution in [0.5, 0.6) is 0 Å². The van der Waals surface area contributed by atoms with Gasteiger partial charge in [-0.05, 0) is 45.9 Å². The summed E-state index contributed by atoms with van der Waals surface area (Å²) in [7, 11) is 0. The molecular weight excluding hydrogens is 762 g/mol. The zero-order chi connectivity index (χ0) is 33.3. The van der Waals surface area contributed by atoms with E-state index < -0.39 is 22.3 Å². The summed E-state index contributed by atoms with van der Waals surface area (Å²) in [6.07, 6.45) is 18.7. The standard InChI is InChI=1S/C23H21.2C7H5Cl.C7H9.2ClH.Zr/c1-22(2)7-5-14-10-18-16(12-20(14)22)9-17-13-21-15(11-19(17)18)6-8-23(21,3)4;2*1-6-2-4-7(8)5-3-6;1-6-3-4-7(2)5-6;;;/h5-7,10-13H,9H2,1-4H3;2*1-5H;3,5,7H,1-2H3;2*1H;/q-1;;;-1;;;. The first-order valence-electron chi connectivity index (χ1n) is 16.2. The number of hydrogen-bond acceptors (Lipinski definition) is 0. The number of rotatable bonds is 2. The molecular formula is C44H42Cl4Zr-2. The van der Waals surface area contributed by atoms with Gasteiger partial charge in [-0.15, -0.1) is 43.4 Å². The predicted octanol–water partition coefficient (Wildman–Crippen LogP) is 12.5. The second-order valence-corrected chi connectivity index (χ2v) is 17.0. The molecule has 0 bridgehead atoms. The Kier molecular flexibility index (Phi) is 13.1. The van der Waals surface area contributed by atoms with Crippen molar-refractivity contribution in [1.29, 1.82) is 0 Å². The number of allylic oxidation sites excluding steroid dienone is 6. The van der Waals surface area contributed by atoms with Crippen molar-refractivity contribution >= 4 is 67.6 Å². The molecule has 0 nitrogen and oxygen atoms in total. The second-order valence-electron chi connectivity index (χ2n) is 13.9. The van der Waals surface area contributed by atoms with Crippen molar-refractivity contribution < 1.29 is 22.3 Å². The molecule has 0 fully saturated rings. The third kappa shape index (κ3) is 9.30. The van der Waals surface area contributed by atoms with E-state index >= 15 is 0 Å². The Morgan fingerprint density at radius 2 is 1.27 bits per heavy atom. The van der Waals surface area contributed by atoms with Crippen LogP contribution in [-0.4, -0.2) is 7.42 Å². The van der Waals surface area contributed by atoms with Crippen LogP contribution in [0.15, 0.2) is 96.6 Å². The van der Waals surface area contributed by atoms with Gasteiger partial charge in [0.25, 0.3) is 0 Å². The van der Waals surface area contributed by atoms with Crippen LogP contribution in [0.1, 0.15) is 86.1 Å². The molecule has 252 valence electrons. The zero-order valence-electron chi connectivity index (χ0n) is 28.8. The van der Waals surface area contributed by atoms with Gasteiger partial charge in [-0.2, -0.15) is 11.6 Å². The second kappa shape index (κ2) is 16.3. The maximum atomic E-state index is 5.84. The van der Waals surface area contributed by atoms with Crippen molar-refractivity contribution in [2.24, 2.45) is 5.92 Å². The number of benzene rings is 4. The van der Waals surface area contributed by atoms with Crippen LogP contribution in [0.2, 0.25) is 10.0 Å². The van der Waals surface area contributed by atoms with E-state index in [1.54, 1.807) is 0 Å². The first-order valence-corrected chi connectivity index (χ1v) is 19.8. The Balaban J connectivity index is 0.000000184. The van der Waals surface area contributed by atoms with Crippen LogP contribution in [0, 0.1) is 18.1 Å². The maximum absolute atomic E-state index is 5.84. The molecule has 0 saturated carbocycles. The minimum absolute atomic E-state index is 0. The molecule has 0 aromatic heterocycles. The fraction of sp³-hybridized carbons (Fsp3) is 0.227. The van der Waals surface area contributed by atoms with Crippen molar-refractivity contribution in [2.45, 2.75) is 58.8 Å². The van der Waals surface area contributed by atoms with Gasteiger partial charge >= 0.3 is 123 Å². The Bertz CT molecular complexity index is 1890. The van der Waals surface area contributed by atoms with E-state index in [1.165, 1.54) is 61.2 Å². The van der Waals surface area contributed by atoms with E-state index in [1.807, 2.05) is 30.3 Å². The summed E-state index contributed by atoms with van der Waals surface area (Å²) < 4.78 is 4.66. The average Bonchev–Trinajstić information content (AvgIpc) is 3.77. The number of hydrogen-bond donors (Lipinski definition) is 0. The molecule has 5 heteroatoms. The van der Waals surface area contributed by atoms with Crippen LogP contribution < -0.4 is 0 Å². The van der Waals surface area contributed by atoms with Gasteiger partial charge in [-0.25, -0.2) is 17.7 Å².